The second kappa shape index (κ2) is 8.92. The predicted molar refractivity (Wildman–Crippen MR) is 79.9 cm³/mol. The van der Waals surface area contributed by atoms with E-state index < -0.39 is 18.6 Å². The monoisotopic (exact) mass is 330 g/mol. The van der Waals surface area contributed by atoms with E-state index in [0.717, 1.165) is 0 Å². The molecule has 0 saturated carbocycles. The van der Waals surface area contributed by atoms with Crippen LogP contribution in [0, 0.1) is 0 Å². The molecule has 23 heavy (non-hydrogen) atoms. The van der Waals surface area contributed by atoms with Gasteiger partial charge in [0.05, 0.1) is 6.61 Å². The van der Waals surface area contributed by atoms with E-state index in [0.29, 0.717) is 6.54 Å². The van der Waals surface area contributed by atoms with Gasteiger partial charge in [0.25, 0.3) is 5.91 Å². The van der Waals surface area contributed by atoms with Gasteiger partial charge in [0.1, 0.15) is 6.04 Å². The van der Waals surface area contributed by atoms with E-state index in [4.69, 9.17) is 4.74 Å². The first-order chi connectivity index (χ1) is 10.9. The molecule has 1 aromatic carbocycles. The molecule has 0 aliphatic carbocycles. The Morgan fingerprint density at radius 1 is 1.22 bits per heavy atom. The largest absolute Gasteiger partial charge is 0.490 e. The van der Waals surface area contributed by atoms with Gasteiger partial charge in [0.2, 0.25) is 5.91 Å². The Labute approximate surface area is 133 Å². The van der Waals surface area contributed by atoms with Crippen LogP contribution in [0.5, 0.6) is 11.5 Å². The van der Waals surface area contributed by atoms with Gasteiger partial charge in [0, 0.05) is 12.1 Å². The highest BCUT2D eigenvalue weighted by Crippen LogP contribution is 2.29. The zero-order valence-electron chi connectivity index (χ0n) is 13.2. The molecule has 0 bridgehead atoms. The Balaban J connectivity index is 2.88. The van der Waals surface area contributed by atoms with Gasteiger partial charge in [-0.2, -0.15) is 8.78 Å². The second-order valence-corrected chi connectivity index (χ2v) is 4.56. The third-order valence-corrected chi connectivity index (χ3v) is 2.81. The van der Waals surface area contributed by atoms with Crippen LogP contribution in [0.1, 0.15) is 31.1 Å². The van der Waals surface area contributed by atoms with Gasteiger partial charge in [-0.1, -0.05) is 0 Å². The Bertz CT molecular complexity index is 552. The number of carbonyl (C=O) groups is 2. The van der Waals surface area contributed by atoms with E-state index >= 15 is 0 Å². The van der Waals surface area contributed by atoms with Crippen molar-refractivity contribution < 1.29 is 27.8 Å². The fourth-order valence-corrected chi connectivity index (χ4v) is 1.78. The highest BCUT2D eigenvalue weighted by Gasteiger charge is 2.18. The van der Waals surface area contributed by atoms with E-state index in [9.17, 15) is 18.4 Å². The number of hydrogen-bond acceptors (Lipinski definition) is 4. The van der Waals surface area contributed by atoms with Gasteiger partial charge in [-0.15, -0.1) is 0 Å². The maximum absolute atomic E-state index is 12.3. The van der Waals surface area contributed by atoms with Crippen molar-refractivity contribution in [3.63, 3.8) is 0 Å². The number of amides is 2. The third kappa shape index (κ3) is 5.72. The minimum absolute atomic E-state index is 0.0334. The fraction of sp³-hybridized carbons (Fsp3) is 0.467. The average Bonchev–Trinajstić information content (AvgIpc) is 2.48. The Hall–Kier alpha value is -2.38. The number of benzene rings is 1. The topological polar surface area (TPSA) is 76.7 Å². The molecule has 0 spiro atoms. The molecule has 2 N–H and O–H groups in total. The molecule has 0 saturated heterocycles. The molecule has 2 amide bonds. The Morgan fingerprint density at radius 2 is 1.91 bits per heavy atom. The smallest absolute Gasteiger partial charge is 0.387 e. The second-order valence-electron chi connectivity index (χ2n) is 4.56. The lowest BCUT2D eigenvalue weighted by Crippen LogP contribution is -2.44. The molecule has 6 nitrogen and oxygen atoms in total. The lowest BCUT2D eigenvalue weighted by molar-refractivity contribution is -0.122. The van der Waals surface area contributed by atoms with Crippen molar-refractivity contribution in [3.8, 4) is 11.5 Å². The molecule has 1 atom stereocenters. The molecule has 0 aromatic heterocycles. The van der Waals surface area contributed by atoms with E-state index in [2.05, 4.69) is 15.4 Å². The van der Waals surface area contributed by atoms with Crippen molar-refractivity contribution in [3.05, 3.63) is 23.8 Å². The van der Waals surface area contributed by atoms with Crippen molar-refractivity contribution in [1.29, 1.82) is 0 Å². The van der Waals surface area contributed by atoms with E-state index in [1.54, 1.807) is 20.8 Å². The van der Waals surface area contributed by atoms with Crippen molar-refractivity contribution in [1.82, 2.24) is 10.6 Å². The molecule has 0 aliphatic heterocycles. The average molecular weight is 330 g/mol. The molecule has 0 fully saturated rings. The maximum Gasteiger partial charge on any atom is 0.387 e. The van der Waals surface area contributed by atoms with Crippen LogP contribution in [0.3, 0.4) is 0 Å². The Kier molecular flexibility index (Phi) is 7.24. The molecule has 0 unspecified atom stereocenters. The number of ether oxygens (including phenoxy) is 2. The molecule has 1 rings (SSSR count). The van der Waals surface area contributed by atoms with Gasteiger partial charge in [-0.05, 0) is 39.0 Å². The van der Waals surface area contributed by atoms with Crippen LogP contribution < -0.4 is 20.1 Å². The summed E-state index contributed by atoms with van der Waals surface area (Å²) >= 11 is 0. The van der Waals surface area contributed by atoms with Crippen LogP contribution in [0.25, 0.3) is 0 Å². The molecule has 0 radical (unpaired) electrons. The highest BCUT2D eigenvalue weighted by atomic mass is 19.3. The number of carbonyl (C=O) groups excluding carboxylic acids is 2. The summed E-state index contributed by atoms with van der Waals surface area (Å²) in [7, 11) is 0. The van der Waals surface area contributed by atoms with Crippen LogP contribution in [-0.4, -0.2) is 37.6 Å². The summed E-state index contributed by atoms with van der Waals surface area (Å²) < 4.78 is 34.2. The van der Waals surface area contributed by atoms with Gasteiger partial charge in [0.15, 0.2) is 11.5 Å². The van der Waals surface area contributed by atoms with Crippen molar-refractivity contribution in [2.24, 2.45) is 0 Å². The van der Waals surface area contributed by atoms with Gasteiger partial charge in [-0.25, -0.2) is 0 Å². The summed E-state index contributed by atoms with van der Waals surface area (Å²) in [6.07, 6.45) is 0. The number of hydrogen-bond donors (Lipinski definition) is 2. The summed E-state index contributed by atoms with van der Waals surface area (Å²) in [5.41, 5.74) is 0.172. The summed E-state index contributed by atoms with van der Waals surface area (Å²) in [5, 5.41) is 5.10. The number of rotatable bonds is 8. The van der Waals surface area contributed by atoms with Crippen LogP contribution in [-0.2, 0) is 4.79 Å². The van der Waals surface area contributed by atoms with Crippen LogP contribution in [0.15, 0.2) is 18.2 Å². The van der Waals surface area contributed by atoms with Crippen LogP contribution in [0.4, 0.5) is 8.78 Å². The standard InChI is InChI=1S/C15H20F2N2O4/c1-4-18-13(20)9(3)19-14(21)10-6-7-11(23-15(16)17)12(8-10)22-5-2/h6-9,15H,4-5H2,1-3H3,(H,18,20)(H,19,21)/t9-/m0/s1. The quantitative estimate of drug-likeness (QED) is 0.764. The molecule has 8 heteroatoms. The van der Waals surface area contributed by atoms with Crippen LogP contribution in [0.2, 0.25) is 0 Å². The maximum atomic E-state index is 12.3. The molecular weight excluding hydrogens is 310 g/mol. The van der Waals surface area contributed by atoms with E-state index in [1.165, 1.54) is 18.2 Å². The van der Waals surface area contributed by atoms with E-state index in [1.807, 2.05) is 0 Å². The fourth-order valence-electron chi connectivity index (χ4n) is 1.78. The molecule has 1 aromatic rings. The molecule has 128 valence electrons. The molecular formula is C15H20F2N2O4. The molecule has 0 heterocycles. The van der Waals surface area contributed by atoms with Crippen LogP contribution >= 0.6 is 0 Å². The minimum Gasteiger partial charge on any atom is -0.490 e. The van der Waals surface area contributed by atoms with Gasteiger partial charge < -0.3 is 20.1 Å². The summed E-state index contributed by atoms with van der Waals surface area (Å²) in [5.74, 6) is -0.960. The highest BCUT2D eigenvalue weighted by molar-refractivity contribution is 5.97. The van der Waals surface area contributed by atoms with Crippen molar-refractivity contribution in [2.75, 3.05) is 13.2 Å². The molecule has 0 aliphatic rings. The first-order valence-corrected chi connectivity index (χ1v) is 7.19. The number of nitrogens with one attached hydrogen (secondary N) is 2. The van der Waals surface area contributed by atoms with Gasteiger partial charge in [-0.3, -0.25) is 9.59 Å². The summed E-state index contributed by atoms with van der Waals surface area (Å²) in [6, 6.07) is 3.11. The Morgan fingerprint density at radius 3 is 2.48 bits per heavy atom. The number of halogens is 2. The zero-order valence-corrected chi connectivity index (χ0v) is 13.2. The summed E-state index contributed by atoms with van der Waals surface area (Å²) in [6.45, 7) is 2.67. The zero-order chi connectivity index (χ0) is 17.4. The lowest BCUT2D eigenvalue weighted by Gasteiger charge is -2.15. The minimum atomic E-state index is -2.99. The first kappa shape index (κ1) is 18.7. The summed E-state index contributed by atoms with van der Waals surface area (Å²) in [4.78, 5) is 23.7. The van der Waals surface area contributed by atoms with Crippen molar-refractivity contribution in [2.45, 2.75) is 33.4 Å². The van der Waals surface area contributed by atoms with Crippen molar-refractivity contribution >= 4 is 11.8 Å². The van der Waals surface area contributed by atoms with E-state index in [-0.39, 0.29) is 29.6 Å². The normalized spacial score (nSPS) is 11.7. The third-order valence-electron chi connectivity index (χ3n) is 2.81. The SMILES string of the molecule is CCNC(=O)[C@H](C)NC(=O)c1ccc(OC(F)F)c(OCC)c1. The number of alkyl halides is 2. The lowest BCUT2D eigenvalue weighted by atomic mass is 10.1. The number of likely N-dealkylation sites (N-methyl/N-ethyl adjacent to an activating group) is 1. The predicted octanol–water partition coefficient (Wildman–Crippen LogP) is 1.94. The van der Waals surface area contributed by atoms with Gasteiger partial charge >= 0.3 is 6.61 Å². The first-order valence-electron chi connectivity index (χ1n) is 7.19.